The molecule has 0 heterocycles. The molecule has 0 bridgehead atoms. The molecule has 1 N–H and O–H groups in total. The number of thioether (sulfide) groups is 1. The highest BCUT2D eigenvalue weighted by molar-refractivity contribution is 8.00. The Labute approximate surface area is 122 Å². The molecule has 0 aliphatic rings. The van der Waals surface area contributed by atoms with E-state index in [0.717, 1.165) is 12.3 Å². The summed E-state index contributed by atoms with van der Waals surface area (Å²) in [5, 5.41) is 2.08. The highest BCUT2D eigenvalue weighted by Crippen LogP contribution is 2.30. The van der Waals surface area contributed by atoms with Gasteiger partial charge in [0.2, 0.25) is 5.91 Å². The molecule has 0 aliphatic carbocycles. The summed E-state index contributed by atoms with van der Waals surface area (Å²) in [5.74, 6) is -1.66. The predicted molar refractivity (Wildman–Crippen MR) is 71.7 cm³/mol. The van der Waals surface area contributed by atoms with Crippen molar-refractivity contribution in [2.75, 3.05) is 17.3 Å². The minimum atomic E-state index is -4.49. The van der Waals surface area contributed by atoms with Crippen molar-refractivity contribution in [3.63, 3.8) is 0 Å². The number of alkyl halides is 3. The summed E-state index contributed by atoms with van der Waals surface area (Å²) < 4.78 is 58.3. The summed E-state index contributed by atoms with van der Waals surface area (Å²) in [4.78, 5) is 11.1. The first kappa shape index (κ1) is 17.1. The molecule has 0 saturated heterocycles. The van der Waals surface area contributed by atoms with Crippen LogP contribution in [0.5, 0.6) is 0 Å². The second kappa shape index (κ2) is 6.23. The molecular formula is C10H9ClF3NO3S2. The lowest BCUT2D eigenvalue weighted by Crippen LogP contribution is -2.17. The number of rotatable bonds is 4. The van der Waals surface area contributed by atoms with Gasteiger partial charge in [0, 0.05) is 11.9 Å². The lowest BCUT2D eigenvalue weighted by molar-refractivity contribution is -0.114. The van der Waals surface area contributed by atoms with E-state index in [1.54, 1.807) is 0 Å². The lowest BCUT2D eigenvalue weighted by atomic mass is 10.3. The molecule has 0 spiro atoms. The van der Waals surface area contributed by atoms with Gasteiger partial charge in [-0.2, -0.15) is 13.2 Å². The van der Waals surface area contributed by atoms with Crippen molar-refractivity contribution in [2.24, 2.45) is 0 Å². The van der Waals surface area contributed by atoms with Gasteiger partial charge in [0.1, 0.15) is 0 Å². The van der Waals surface area contributed by atoms with Crippen molar-refractivity contribution in [3.8, 4) is 0 Å². The Morgan fingerprint density at radius 3 is 2.45 bits per heavy atom. The average molecular weight is 348 g/mol. The second-order valence-corrected chi connectivity index (χ2v) is 7.13. The van der Waals surface area contributed by atoms with Gasteiger partial charge in [0.15, 0.2) is 9.84 Å². The van der Waals surface area contributed by atoms with Crippen LogP contribution in [-0.2, 0) is 14.6 Å². The summed E-state index contributed by atoms with van der Waals surface area (Å²) >= 11 is 5.26. The number of nitrogens with one attached hydrogen (secondary N) is 1. The smallest absolute Gasteiger partial charge is 0.325 e. The fourth-order valence-corrected chi connectivity index (χ4v) is 2.92. The molecule has 1 aromatic carbocycles. The van der Waals surface area contributed by atoms with E-state index in [-0.39, 0.29) is 15.6 Å². The first-order valence-corrected chi connectivity index (χ1v) is 8.25. The number of hydrogen-bond acceptors (Lipinski definition) is 4. The SMILES string of the molecule is CS(=O)(=O)c1ccc(NC(=O)CSC(F)(F)F)cc1Cl. The zero-order chi connectivity index (χ0) is 15.6. The van der Waals surface area contributed by atoms with Crippen LogP contribution in [0, 0.1) is 0 Å². The number of halogens is 4. The van der Waals surface area contributed by atoms with E-state index in [1.165, 1.54) is 12.1 Å². The first-order valence-electron chi connectivity index (χ1n) is 4.99. The maximum atomic E-state index is 11.9. The topological polar surface area (TPSA) is 63.2 Å². The number of anilines is 1. The molecule has 0 aromatic heterocycles. The molecule has 1 rings (SSSR count). The van der Waals surface area contributed by atoms with Crippen LogP contribution < -0.4 is 5.32 Å². The van der Waals surface area contributed by atoms with E-state index in [0.29, 0.717) is 0 Å². The number of benzene rings is 1. The van der Waals surface area contributed by atoms with Crippen LogP contribution in [0.1, 0.15) is 0 Å². The maximum Gasteiger partial charge on any atom is 0.442 e. The number of amides is 1. The van der Waals surface area contributed by atoms with Gasteiger partial charge in [-0.25, -0.2) is 8.42 Å². The van der Waals surface area contributed by atoms with Gasteiger partial charge in [-0.05, 0) is 30.0 Å². The van der Waals surface area contributed by atoms with Gasteiger partial charge in [-0.1, -0.05) is 11.6 Å². The molecule has 0 saturated carbocycles. The molecule has 0 aliphatic heterocycles. The third-order valence-corrected chi connectivity index (χ3v) is 4.30. The third kappa shape index (κ3) is 5.59. The Balaban J connectivity index is 2.76. The van der Waals surface area contributed by atoms with Crippen LogP contribution in [0.15, 0.2) is 23.1 Å². The first-order chi connectivity index (χ1) is 8.99. The monoisotopic (exact) mass is 347 g/mol. The van der Waals surface area contributed by atoms with E-state index in [4.69, 9.17) is 11.6 Å². The molecule has 1 amide bonds. The van der Waals surface area contributed by atoms with Crippen molar-refractivity contribution in [1.82, 2.24) is 0 Å². The van der Waals surface area contributed by atoms with Crippen LogP contribution >= 0.6 is 23.4 Å². The number of hydrogen-bond donors (Lipinski definition) is 1. The Morgan fingerprint density at radius 1 is 1.40 bits per heavy atom. The highest BCUT2D eigenvalue weighted by Gasteiger charge is 2.29. The standard InChI is InChI=1S/C10H9ClF3NO3S2/c1-20(17,18)8-3-2-6(4-7(8)11)15-9(16)5-19-10(12,13)14/h2-4H,5H2,1H3,(H,15,16). The predicted octanol–water partition coefficient (Wildman–Crippen LogP) is 2.94. The molecule has 0 radical (unpaired) electrons. The van der Waals surface area contributed by atoms with Gasteiger partial charge in [0.25, 0.3) is 0 Å². The van der Waals surface area contributed by atoms with Crippen molar-refractivity contribution in [2.45, 2.75) is 10.4 Å². The van der Waals surface area contributed by atoms with Crippen LogP contribution in [0.25, 0.3) is 0 Å². The van der Waals surface area contributed by atoms with Gasteiger partial charge in [-0.3, -0.25) is 4.79 Å². The molecule has 112 valence electrons. The molecule has 0 fully saturated rings. The molecule has 10 heteroatoms. The van der Waals surface area contributed by atoms with Crippen molar-refractivity contribution in [1.29, 1.82) is 0 Å². The van der Waals surface area contributed by atoms with E-state index in [1.807, 2.05) is 0 Å². The van der Waals surface area contributed by atoms with Gasteiger partial charge < -0.3 is 5.32 Å². The van der Waals surface area contributed by atoms with Crippen LogP contribution in [0.4, 0.5) is 18.9 Å². The van der Waals surface area contributed by atoms with E-state index in [9.17, 15) is 26.4 Å². The largest absolute Gasteiger partial charge is 0.442 e. The molecule has 0 unspecified atom stereocenters. The quantitative estimate of drug-likeness (QED) is 0.909. The lowest BCUT2D eigenvalue weighted by Gasteiger charge is -2.08. The average Bonchev–Trinajstić information content (AvgIpc) is 2.23. The Morgan fingerprint density at radius 2 is 2.00 bits per heavy atom. The van der Waals surface area contributed by atoms with Crippen LogP contribution in [-0.4, -0.2) is 31.8 Å². The van der Waals surface area contributed by atoms with Crippen molar-refractivity contribution >= 4 is 44.8 Å². The number of carbonyl (C=O) groups excluding carboxylic acids is 1. The van der Waals surface area contributed by atoms with Gasteiger partial charge in [0.05, 0.1) is 15.7 Å². The zero-order valence-corrected chi connectivity index (χ0v) is 12.4. The third-order valence-electron chi connectivity index (χ3n) is 1.98. The maximum absolute atomic E-state index is 11.9. The zero-order valence-electron chi connectivity index (χ0n) is 9.99. The summed E-state index contributed by atoms with van der Waals surface area (Å²) in [6, 6.07) is 3.58. The molecule has 4 nitrogen and oxygen atoms in total. The summed E-state index contributed by atoms with van der Waals surface area (Å²) in [6.07, 6.45) is 0.965. The van der Waals surface area contributed by atoms with E-state index >= 15 is 0 Å². The number of carbonyl (C=O) groups is 1. The fraction of sp³-hybridized carbons (Fsp3) is 0.300. The summed E-state index contributed by atoms with van der Waals surface area (Å²) in [7, 11) is -3.51. The number of sulfone groups is 1. The Hall–Kier alpha value is -0.930. The van der Waals surface area contributed by atoms with E-state index in [2.05, 4.69) is 5.32 Å². The van der Waals surface area contributed by atoms with Gasteiger partial charge in [-0.15, -0.1) is 0 Å². The fourth-order valence-electron chi connectivity index (χ4n) is 1.22. The Kier molecular flexibility index (Phi) is 5.33. The molecular weight excluding hydrogens is 339 g/mol. The summed E-state index contributed by atoms with van der Waals surface area (Å²) in [5.41, 5.74) is -4.37. The Bertz CT molecular complexity index is 617. The molecule has 1 aromatic rings. The minimum absolute atomic E-state index is 0.117. The van der Waals surface area contributed by atoms with Crippen molar-refractivity contribution < 1.29 is 26.4 Å². The van der Waals surface area contributed by atoms with Gasteiger partial charge >= 0.3 is 5.51 Å². The van der Waals surface area contributed by atoms with E-state index < -0.39 is 38.8 Å². The summed E-state index contributed by atoms with van der Waals surface area (Å²) in [6.45, 7) is 0. The van der Waals surface area contributed by atoms with Crippen LogP contribution in [0.2, 0.25) is 5.02 Å². The molecule has 0 atom stereocenters. The minimum Gasteiger partial charge on any atom is -0.325 e. The van der Waals surface area contributed by atoms with Crippen molar-refractivity contribution in [3.05, 3.63) is 23.2 Å². The normalized spacial score (nSPS) is 12.2. The molecule has 20 heavy (non-hydrogen) atoms. The second-order valence-electron chi connectivity index (χ2n) is 3.70. The van der Waals surface area contributed by atoms with Crippen LogP contribution in [0.3, 0.4) is 0 Å². The highest BCUT2D eigenvalue weighted by atomic mass is 35.5.